The third-order valence-electron chi connectivity index (χ3n) is 2.18. The molecule has 0 saturated heterocycles. The van der Waals surface area contributed by atoms with E-state index >= 15 is 0 Å². The number of pyridine rings is 1. The van der Waals surface area contributed by atoms with E-state index < -0.39 is 10.7 Å². The number of nitrogens with zero attached hydrogens (tertiary/aromatic N) is 2. The molecule has 1 aromatic carbocycles. The summed E-state index contributed by atoms with van der Waals surface area (Å²) in [5.74, 6) is -0.577. The summed E-state index contributed by atoms with van der Waals surface area (Å²) in [6.07, 6.45) is 3.06. The highest BCUT2D eigenvalue weighted by molar-refractivity contribution is 9.10. The van der Waals surface area contributed by atoms with Gasteiger partial charge in [0.05, 0.1) is 21.3 Å². The van der Waals surface area contributed by atoms with Crippen LogP contribution in [0.15, 0.2) is 41.1 Å². The molecule has 0 aliphatic heterocycles. The molecule has 1 heterocycles. The normalized spacial score (nSPS) is 10.1. The van der Waals surface area contributed by atoms with Crippen LogP contribution in [0.2, 0.25) is 0 Å². The van der Waals surface area contributed by atoms with Gasteiger partial charge in [0.2, 0.25) is 0 Å². The monoisotopic (exact) mass is 311 g/mol. The predicted octanol–water partition coefficient (Wildman–Crippen LogP) is 3.64. The molecule has 0 aliphatic carbocycles. The van der Waals surface area contributed by atoms with Crippen molar-refractivity contribution in [3.63, 3.8) is 0 Å². The molecule has 0 bridgehead atoms. The summed E-state index contributed by atoms with van der Waals surface area (Å²) in [6.45, 7) is 0. The molecular weight excluding hydrogens is 305 g/mol. The SMILES string of the molecule is O=[N+]([O-])c1cc(Br)c(F)cc1Nc1cccnc1. The zero-order valence-electron chi connectivity index (χ0n) is 8.93. The van der Waals surface area contributed by atoms with Crippen LogP contribution < -0.4 is 5.32 Å². The summed E-state index contributed by atoms with van der Waals surface area (Å²) in [4.78, 5) is 14.2. The number of anilines is 2. The molecule has 2 aromatic rings. The molecule has 0 amide bonds. The first-order valence-corrected chi connectivity index (χ1v) is 5.67. The number of nitro groups is 1. The molecule has 0 atom stereocenters. The fourth-order valence-electron chi connectivity index (χ4n) is 1.38. The fourth-order valence-corrected chi connectivity index (χ4v) is 1.71. The first kappa shape index (κ1) is 12.4. The first-order valence-electron chi connectivity index (χ1n) is 4.88. The number of rotatable bonds is 3. The van der Waals surface area contributed by atoms with E-state index in [4.69, 9.17) is 0 Å². The minimum absolute atomic E-state index is 0.0472. The van der Waals surface area contributed by atoms with Gasteiger partial charge in [-0.3, -0.25) is 15.1 Å². The molecular formula is C11H7BrFN3O2. The van der Waals surface area contributed by atoms with Gasteiger partial charge in [0.25, 0.3) is 5.69 Å². The lowest BCUT2D eigenvalue weighted by atomic mass is 10.2. The van der Waals surface area contributed by atoms with Crippen molar-refractivity contribution in [1.29, 1.82) is 0 Å². The Bertz CT molecular complexity index is 592. The van der Waals surface area contributed by atoms with Crippen molar-refractivity contribution in [3.05, 3.63) is 57.1 Å². The molecule has 18 heavy (non-hydrogen) atoms. The van der Waals surface area contributed by atoms with E-state index in [1.165, 1.54) is 6.20 Å². The van der Waals surface area contributed by atoms with Gasteiger partial charge >= 0.3 is 0 Å². The summed E-state index contributed by atoms with van der Waals surface area (Å²) in [7, 11) is 0. The summed E-state index contributed by atoms with van der Waals surface area (Å²) in [5.41, 5.74) is 0.406. The van der Waals surface area contributed by atoms with Crippen LogP contribution in [0.1, 0.15) is 0 Å². The van der Waals surface area contributed by atoms with Crippen LogP contribution in [-0.4, -0.2) is 9.91 Å². The van der Waals surface area contributed by atoms with Crippen molar-refractivity contribution < 1.29 is 9.31 Å². The Balaban J connectivity index is 2.43. The summed E-state index contributed by atoms with van der Waals surface area (Å²) >= 11 is 2.91. The Hall–Kier alpha value is -2.02. The minimum atomic E-state index is -0.580. The number of hydrogen-bond acceptors (Lipinski definition) is 4. The standard InChI is InChI=1S/C11H7BrFN3O2/c12-8-4-11(16(17)18)10(5-9(8)13)15-7-2-1-3-14-6-7/h1-6,15H. The van der Waals surface area contributed by atoms with Gasteiger partial charge in [-0.15, -0.1) is 0 Å². The molecule has 5 nitrogen and oxygen atoms in total. The van der Waals surface area contributed by atoms with Crippen molar-refractivity contribution in [2.24, 2.45) is 0 Å². The maximum atomic E-state index is 13.4. The van der Waals surface area contributed by atoms with Gasteiger partial charge < -0.3 is 5.32 Å². The molecule has 0 fully saturated rings. The molecule has 1 aromatic heterocycles. The van der Waals surface area contributed by atoms with E-state index in [1.54, 1.807) is 18.3 Å². The van der Waals surface area contributed by atoms with E-state index in [0.29, 0.717) is 5.69 Å². The van der Waals surface area contributed by atoms with E-state index in [2.05, 4.69) is 26.2 Å². The lowest BCUT2D eigenvalue weighted by Gasteiger charge is -2.07. The van der Waals surface area contributed by atoms with Crippen molar-refractivity contribution in [2.75, 3.05) is 5.32 Å². The predicted molar refractivity (Wildman–Crippen MR) is 68.3 cm³/mol. The maximum absolute atomic E-state index is 13.4. The zero-order valence-corrected chi connectivity index (χ0v) is 10.5. The molecule has 0 spiro atoms. The first-order chi connectivity index (χ1) is 8.58. The van der Waals surface area contributed by atoms with Crippen LogP contribution in [0.4, 0.5) is 21.5 Å². The van der Waals surface area contributed by atoms with Crippen LogP contribution >= 0.6 is 15.9 Å². The van der Waals surface area contributed by atoms with Crippen LogP contribution in [-0.2, 0) is 0 Å². The largest absolute Gasteiger partial charge is 0.349 e. The molecule has 0 saturated carbocycles. The van der Waals surface area contributed by atoms with E-state index in [0.717, 1.165) is 12.1 Å². The number of aromatic nitrogens is 1. The lowest BCUT2D eigenvalue weighted by Crippen LogP contribution is -1.98. The molecule has 7 heteroatoms. The Morgan fingerprint density at radius 1 is 1.44 bits per heavy atom. The molecule has 0 radical (unpaired) electrons. The minimum Gasteiger partial charge on any atom is -0.349 e. The topological polar surface area (TPSA) is 68.1 Å². The van der Waals surface area contributed by atoms with E-state index in [-0.39, 0.29) is 15.8 Å². The second-order valence-electron chi connectivity index (χ2n) is 3.41. The highest BCUT2D eigenvalue weighted by atomic mass is 79.9. The second kappa shape index (κ2) is 5.09. The second-order valence-corrected chi connectivity index (χ2v) is 4.26. The van der Waals surface area contributed by atoms with Crippen LogP contribution in [0.5, 0.6) is 0 Å². The van der Waals surface area contributed by atoms with E-state index in [1.807, 2.05) is 0 Å². The van der Waals surface area contributed by atoms with Gasteiger partial charge in [0.1, 0.15) is 11.5 Å². The highest BCUT2D eigenvalue weighted by Crippen LogP contribution is 2.32. The summed E-state index contributed by atoms with van der Waals surface area (Å²) < 4.78 is 13.4. The summed E-state index contributed by atoms with van der Waals surface area (Å²) in [5, 5.41) is 13.6. The van der Waals surface area contributed by atoms with Gasteiger partial charge in [-0.05, 0) is 28.1 Å². The van der Waals surface area contributed by atoms with Crippen molar-refractivity contribution >= 4 is 33.0 Å². The number of nitro benzene ring substituents is 1. The molecule has 0 aliphatic rings. The number of benzene rings is 1. The van der Waals surface area contributed by atoms with Gasteiger partial charge in [-0.25, -0.2) is 4.39 Å². The van der Waals surface area contributed by atoms with Gasteiger partial charge in [-0.1, -0.05) is 0 Å². The smallest absolute Gasteiger partial charge is 0.294 e. The van der Waals surface area contributed by atoms with Crippen molar-refractivity contribution in [3.8, 4) is 0 Å². The lowest BCUT2D eigenvalue weighted by molar-refractivity contribution is -0.384. The number of halogens is 2. The average molecular weight is 312 g/mol. The van der Waals surface area contributed by atoms with Crippen molar-refractivity contribution in [2.45, 2.75) is 0 Å². The third kappa shape index (κ3) is 2.62. The Morgan fingerprint density at radius 2 is 2.22 bits per heavy atom. The Morgan fingerprint density at radius 3 is 2.83 bits per heavy atom. The van der Waals surface area contributed by atoms with Crippen LogP contribution in [0, 0.1) is 15.9 Å². The maximum Gasteiger partial charge on any atom is 0.294 e. The molecule has 1 N–H and O–H groups in total. The third-order valence-corrected chi connectivity index (χ3v) is 2.78. The molecule has 0 unspecified atom stereocenters. The fraction of sp³-hybridized carbons (Fsp3) is 0. The quantitative estimate of drug-likeness (QED) is 0.694. The van der Waals surface area contributed by atoms with Gasteiger partial charge in [0.15, 0.2) is 0 Å². The molecule has 2 rings (SSSR count). The molecule has 92 valence electrons. The number of nitrogens with one attached hydrogen (secondary N) is 1. The average Bonchev–Trinajstić information content (AvgIpc) is 2.34. The number of hydrogen-bond donors (Lipinski definition) is 1. The highest BCUT2D eigenvalue weighted by Gasteiger charge is 2.17. The van der Waals surface area contributed by atoms with Crippen LogP contribution in [0.25, 0.3) is 0 Å². The zero-order chi connectivity index (χ0) is 13.1. The Kier molecular flexibility index (Phi) is 3.52. The van der Waals surface area contributed by atoms with Gasteiger partial charge in [-0.2, -0.15) is 0 Å². The summed E-state index contributed by atoms with van der Waals surface area (Å²) in [6, 6.07) is 5.53. The van der Waals surface area contributed by atoms with Crippen LogP contribution in [0.3, 0.4) is 0 Å². The van der Waals surface area contributed by atoms with Crippen molar-refractivity contribution in [1.82, 2.24) is 4.98 Å². The van der Waals surface area contributed by atoms with Gasteiger partial charge in [0, 0.05) is 18.3 Å². The Labute approximate surface area is 110 Å². The van der Waals surface area contributed by atoms with E-state index in [9.17, 15) is 14.5 Å².